The summed E-state index contributed by atoms with van der Waals surface area (Å²) in [6.07, 6.45) is -0.185. The lowest BCUT2D eigenvalue weighted by Crippen LogP contribution is -2.58. The molecule has 1 heterocycles. The molecule has 1 fully saturated rings. The first-order valence-electron chi connectivity index (χ1n) is 10.2. The number of nitrogens with zero attached hydrogens (tertiary/aromatic N) is 1. The van der Waals surface area contributed by atoms with Gasteiger partial charge in [-0.15, -0.1) is 0 Å². The first kappa shape index (κ1) is 24.3. The number of hydrogen-bond acceptors (Lipinski definition) is 6. The summed E-state index contributed by atoms with van der Waals surface area (Å²) in [5.74, 6) is -2.96. The van der Waals surface area contributed by atoms with Crippen molar-refractivity contribution >= 4 is 23.7 Å². The Bertz CT molecular complexity index is 798. The number of carboxylic acids is 1. The molecule has 1 saturated heterocycles. The Balaban J connectivity index is 2.20. The van der Waals surface area contributed by atoms with Crippen LogP contribution in [0.3, 0.4) is 0 Å². The molecule has 3 amide bonds. The molecule has 1 aliphatic rings. The van der Waals surface area contributed by atoms with Gasteiger partial charge in [-0.2, -0.15) is 0 Å². The van der Waals surface area contributed by atoms with Gasteiger partial charge in [0.1, 0.15) is 12.1 Å². The van der Waals surface area contributed by atoms with E-state index in [1.165, 1.54) is 18.7 Å². The molecule has 5 unspecified atom stereocenters. The van der Waals surface area contributed by atoms with Crippen LogP contribution in [0.2, 0.25) is 0 Å². The summed E-state index contributed by atoms with van der Waals surface area (Å²) in [4.78, 5) is 50.8. The fourth-order valence-electron chi connectivity index (χ4n) is 3.49. The third-order valence-electron chi connectivity index (χ3n) is 5.20. The number of benzene rings is 1. The van der Waals surface area contributed by atoms with Crippen LogP contribution in [0.4, 0.5) is 0 Å². The van der Waals surface area contributed by atoms with Crippen LogP contribution in [0, 0.1) is 0 Å². The van der Waals surface area contributed by atoms with Crippen molar-refractivity contribution in [3.05, 3.63) is 35.9 Å². The standard InChI is InChI=1S/C21H30N4O6/c1-12(22)18(27)23-15(11-14-7-4-3-5-8-14)20(29)25-10-6-9-16(25)19(28)24-17(13(2)26)21(30)31/h3-5,7-8,12-13,15-17,26H,6,9-11,22H2,1-2H3,(H,23,27)(H,24,28)(H,30,31). The molecular weight excluding hydrogens is 404 g/mol. The van der Waals surface area contributed by atoms with E-state index in [-0.39, 0.29) is 6.42 Å². The number of aliphatic carboxylic acids is 1. The molecule has 2 rings (SSSR count). The van der Waals surface area contributed by atoms with E-state index in [0.717, 1.165) is 5.56 Å². The zero-order chi connectivity index (χ0) is 23.1. The summed E-state index contributed by atoms with van der Waals surface area (Å²) in [5.41, 5.74) is 6.46. The lowest BCUT2D eigenvalue weighted by molar-refractivity contribution is -0.147. The first-order valence-corrected chi connectivity index (χ1v) is 10.2. The summed E-state index contributed by atoms with van der Waals surface area (Å²) in [5, 5.41) is 23.8. The number of hydrogen-bond donors (Lipinski definition) is 5. The molecular formula is C21H30N4O6. The van der Waals surface area contributed by atoms with Gasteiger partial charge in [0, 0.05) is 13.0 Å². The van der Waals surface area contributed by atoms with Crippen LogP contribution >= 0.6 is 0 Å². The molecule has 10 nitrogen and oxygen atoms in total. The molecule has 31 heavy (non-hydrogen) atoms. The van der Waals surface area contributed by atoms with Crippen LogP contribution in [0.1, 0.15) is 32.3 Å². The van der Waals surface area contributed by atoms with Crippen LogP contribution in [-0.4, -0.2) is 75.6 Å². The van der Waals surface area contributed by atoms with Crippen molar-refractivity contribution in [1.82, 2.24) is 15.5 Å². The Morgan fingerprint density at radius 3 is 2.35 bits per heavy atom. The van der Waals surface area contributed by atoms with Crippen molar-refractivity contribution in [2.24, 2.45) is 5.73 Å². The maximum absolute atomic E-state index is 13.3. The number of carbonyl (C=O) groups excluding carboxylic acids is 3. The normalized spacial score (nSPS) is 19.7. The molecule has 0 aliphatic carbocycles. The Morgan fingerprint density at radius 1 is 1.16 bits per heavy atom. The Hall–Kier alpha value is -2.98. The van der Waals surface area contributed by atoms with Crippen molar-refractivity contribution in [2.45, 2.75) is 63.4 Å². The summed E-state index contributed by atoms with van der Waals surface area (Å²) < 4.78 is 0. The number of nitrogens with one attached hydrogen (secondary N) is 2. The van der Waals surface area contributed by atoms with E-state index in [1.807, 2.05) is 30.3 Å². The molecule has 0 saturated carbocycles. The minimum Gasteiger partial charge on any atom is -0.480 e. The molecule has 170 valence electrons. The van der Waals surface area contributed by atoms with Crippen LogP contribution in [0.5, 0.6) is 0 Å². The Morgan fingerprint density at radius 2 is 1.81 bits per heavy atom. The largest absolute Gasteiger partial charge is 0.480 e. The van der Waals surface area contributed by atoms with Gasteiger partial charge in [-0.05, 0) is 32.3 Å². The summed E-state index contributed by atoms with van der Waals surface area (Å²) in [7, 11) is 0. The average molecular weight is 434 g/mol. The molecule has 1 aliphatic heterocycles. The zero-order valence-corrected chi connectivity index (χ0v) is 17.7. The van der Waals surface area contributed by atoms with Gasteiger partial charge in [0.2, 0.25) is 17.7 Å². The van der Waals surface area contributed by atoms with Crippen molar-refractivity contribution in [3.8, 4) is 0 Å². The van der Waals surface area contributed by atoms with Gasteiger partial charge >= 0.3 is 5.97 Å². The lowest BCUT2D eigenvalue weighted by Gasteiger charge is -2.30. The number of aliphatic hydroxyl groups is 1. The molecule has 0 aromatic heterocycles. The molecule has 0 spiro atoms. The second-order valence-corrected chi connectivity index (χ2v) is 7.79. The van der Waals surface area contributed by atoms with Crippen LogP contribution in [0.15, 0.2) is 30.3 Å². The summed E-state index contributed by atoms with van der Waals surface area (Å²) in [6, 6.07) is 5.01. The number of carbonyl (C=O) groups is 4. The highest BCUT2D eigenvalue weighted by Crippen LogP contribution is 2.20. The average Bonchev–Trinajstić information content (AvgIpc) is 3.20. The number of carboxylic acid groups (broad SMARTS) is 1. The minimum atomic E-state index is -1.48. The second kappa shape index (κ2) is 10.9. The van der Waals surface area contributed by atoms with E-state index in [4.69, 9.17) is 5.73 Å². The van der Waals surface area contributed by atoms with Gasteiger partial charge in [-0.1, -0.05) is 30.3 Å². The van der Waals surface area contributed by atoms with E-state index in [1.54, 1.807) is 0 Å². The maximum Gasteiger partial charge on any atom is 0.328 e. The zero-order valence-electron chi connectivity index (χ0n) is 17.7. The third-order valence-corrected chi connectivity index (χ3v) is 5.20. The Labute approximate surface area is 180 Å². The van der Waals surface area contributed by atoms with Gasteiger partial charge < -0.3 is 31.5 Å². The second-order valence-electron chi connectivity index (χ2n) is 7.79. The Kier molecular flexibility index (Phi) is 8.52. The molecule has 6 N–H and O–H groups in total. The quantitative estimate of drug-likeness (QED) is 0.333. The van der Waals surface area contributed by atoms with Crippen LogP contribution < -0.4 is 16.4 Å². The predicted molar refractivity (Wildman–Crippen MR) is 112 cm³/mol. The number of likely N-dealkylation sites (tertiary alicyclic amines) is 1. The minimum absolute atomic E-state index is 0.217. The highest BCUT2D eigenvalue weighted by molar-refractivity contribution is 5.94. The van der Waals surface area contributed by atoms with Gasteiger partial charge in [0.25, 0.3) is 0 Å². The molecule has 0 bridgehead atoms. The molecule has 10 heteroatoms. The van der Waals surface area contributed by atoms with Crippen molar-refractivity contribution < 1.29 is 29.4 Å². The van der Waals surface area contributed by atoms with E-state index in [0.29, 0.717) is 19.4 Å². The predicted octanol–water partition coefficient (Wildman–Crippen LogP) is -0.998. The maximum atomic E-state index is 13.3. The molecule has 0 radical (unpaired) electrons. The summed E-state index contributed by atoms with van der Waals surface area (Å²) >= 11 is 0. The van der Waals surface area contributed by atoms with E-state index in [9.17, 15) is 29.4 Å². The summed E-state index contributed by atoms with van der Waals surface area (Å²) in [6.45, 7) is 3.06. The fourth-order valence-corrected chi connectivity index (χ4v) is 3.49. The van der Waals surface area contributed by atoms with Crippen molar-refractivity contribution in [1.29, 1.82) is 0 Å². The smallest absolute Gasteiger partial charge is 0.328 e. The van der Waals surface area contributed by atoms with Gasteiger partial charge in [0.15, 0.2) is 6.04 Å². The number of amides is 3. The monoisotopic (exact) mass is 434 g/mol. The van der Waals surface area contributed by atoms with Gasteiger partial charge in [-0.25, -0.2) is 4.79 Å². The highest BCUT2D eigenvalue weighted by Gasteiger charge is 2.39. The number of rotatable bonds is 9. The number of nitrogens with two attached hydrogens (primary N) is 1. The fraction of sp³-hybridized carbons (Fsp3) is 0.524. The molecule has 1 aromatic carbocycles. The SMILES string of the molecule is CC(N)C(=O)NC(Cc1ccccc1)C(=O)N1CCCC1C(=O)NC(C(=O)O)C(C)O. The number of aliphatic hydroxyl groups excluding tert-OH is 1. The van der Waals surface area contributed by atoms with Crippen molar-refractivity contribution in [3.63, 3.8) is 0 Å². The van der Waals surface area contributed by atoms with E-state index < -0.39 is 54.0 Å². The first-order chi connectivity index (χ1) is 14.6. The topological polar surface area (TPSA) is 162 Å². The highest BCUT2D eigenvalue weighted by atomic mass is 16.4. The third kappa shape index (κ3) is 6.50. The molecule has 1 aromatic rings. The van der Waals surface area contributed by atoms with Crippen molar-refractivity contribution in [2.75, 3.05) is 6.54 Å². The van der Waals surface area contributed by atoms with E-state index in [2.05, 4.69) is 10.6 Å². The van der Waals surface area contributed by atoms with Crippen LogP contribution in [-0.2, 0) is 25.6 Å². The van der Waals surface area contributed by atoms with E-state index >= 15 is 0 Å². The lowest BCUT2D eigenvalue weighted by atomic mass is 10.0. The van der Waals surface area contributed by atoms with Gasteiger partial charge in [-0.3, -0.25) is 14.4 Å². The van der Waals surface area contributed by atoms with Gasteiger partial charge in [0.05, 0.1) is 12.1 Å². The van der Waals surface area contributed by atoms with Crippen LogP contribution in [0.25, 0.3) is 0 Å². The molecule has 5 atom stereocenters.